The molecule has 4 aromatic rings. The summed E-state index contributed by atoms with van der Waals surface area (Å²) in [5, 5.41) is 23.6. The monoisotopic (exact) mass is 501 g/mol. The predicted molar refractivity (Wildman–Crippen MR) is 141 cm³/mol. The summed E-state index contributed by atoms with van der Waals surface area (Å²) in [7, 11) is 0. The maximum atomic E-state index is 12.3. The number of amides is 1. The molecule has 4 rings (SSSR count). The molecule has 1 atom stereocenters. The molecule has 1 amide bonds. The van der Waals surface area contributed by atoms with Gasteiger partial charge in [-0.3, -0.25) is 19.5 Å². The van der Waals surface area contributed by atoms with E-state index in [1.54, 1.807) is 23.9 Å². The number of non-ortho nitro benzene ring substituents is 1. The van der Waals surface area contributed by atoms with E-state index in [1.165, 1.54) is 12.1 Å². The lowest BCUT2D eigenvalue weighted by Gasteiger charge is -2.12. The number of nitro benzene ring substituents is 1. The van der Waals surface area contributed by atoms with Crippen molar-refractivity contribution < 1.29 is 9.72 Å². The molecule has 8 nitrogen and oxygen atoms in total. The van der Waals surface area contributed by atoms with Crippen LogP contribution in [0.25, 0.3) is 11.4 Å². The third kappa shape index (κ3) is 6.17. The van der Waals surface area contributed by atoms with Crippen molar-refractivity contribution in [3.8, 4) is 11.4 Å². The van der Waals surface area contributed by atoms with E-state index in [0.717, 1.165) is 28.3 Å². The van der Waals surface area contributed by atoms with Crippen molar-refractivity contribution in [2.45, 2.75) is 43.8 Å². The molecule has 0 aliphatic heterocycles. The van der Waals surface area contributed by atoms with E-state index in [4.69, 9.17) is 0 Å². The Hall–Kier alpha value is -3.98. The van der Waals surface area contributed by atoms with Crippen molar-refractivity contribution in [2.75, 3.05) is 0 Å². The van der Waals surface area contributed by atoms with Crippen molar-refractivity contribution in [2.24, 2.45) is 0 Å². The second kappa shape index (κ2) is 11.6. The molecule has 184 valence electrons. The summed E-state index contributed by atoms with van der Waals surface area (Å²) in [5.41, 5.74) is 3.58. The summed E-state index contributed by atoms with van der Waals surface area (Å²) in [6, 6.07) is 24.1. The average molecular weight is 502 g/mol. The van der Waals surface area contributed by atoms with E-state index in [0.29, 0.717) is 23.7 Å². The van der Waals surface area contributed by atoms with Gasteiger partial charge in [-0.25, -0.2) is 0 Å². The summed E-state index contributed by atoms with van der Waals surface area (Å²) in [6.07, 6.45) is 0.881. The summed E-state index contributed by atoms with van der Waals surface area (Å²) in [6.45, 7) is 4.59. The second-order valence-electron chi connectivity index (χ2n) is 8.45. The number of nitrogens with one attached hydrogen (secondary N) is 1. The highest BCUT2D eigenvalue weighted by Crippen LogP contribution is 2.28. The quantitative estimate of drug-likeness (QED) is 0.169. The number of carbonyl (C=O) groups excluding carboxylic acids is 1. The van der Waals surface area contributed by atoms with Crippen molar-refractivity contribution in [3.63, 3.8) is 0 Å². The molecule has 0 spiro atoms. The van der Waals surface area contributed by atoms with Crippen molar-refractivity contribution >= 4 is 23.4 Å². The molecular weight excluding hydrogens is 474 g/mol. The SMILES string of the molecule is CCC(C)NC(=O)c1ccc(CSc2nnc(-c3ccc([N+](=O)[O-])cc3)n2Cc2ccccc2)cc1. The highest BCUT2D eigenvalue weighted by Gasteiger charge is 2.17. The highest BCUT2D eigenvalue weighted by atomic mass is 32.2. The van der Waals surface area contributed by atoms with Gasteiger partial charge in [-0.1, -0.05) is 61.2 Å². The van der Waals surface area contributed by atoms with Crippen LogP contribution < -0.4 is 5.32 Å². The summed E-state index contributed by atoms with van der Waals surface area (Å²) in [5.74, 6) is 1.23. The Balaban J connectivity index is 1.54. The first-order valence-electron chi connectivity index (χ1n) is 11.7. The number of hydrogen-bond acceptors (Lipinski definition) is 6. The fourth-order valence-electron chi connectivity index (χ4n) is 3.56. The van der Waals surface area contributed by atoms with E-state index < -0.39 is 4.92 Å². The molecule has 0 bridgehead atoms. The van der Waals surface area contributed by atoms with E-state index in [1.807, 2.05) is 73.0 Å². The molecule has 0 aliphatic rings. The smallest absolute Gasteiger partial charge is 0.269 e. The second-order valence-corrected chi connectivity index (χ2v) is 9.39. The molecule has 0 fully saturated rings. The number of aromatic nitrogens is 3. The average Bonchev–Trinajstić information content (AvgIpc) is 3.30. The fraction of sp³-hybridized carbons (Fsp3) is 0.222. The van der Waals surface area contributed by atoms with Crippen LogP contribution in [0, 0.1) is 10.1 Å². The number of nitro groups is 1. The maximum absolute atomic E-state index is 12.3. The van der Waals surface area contributed by atoms with Crippen molar-refractivity contribution in [1.82, 2.24) is 20.1 Å². The largest absolute Gasteiger partial charge is 0.350 e. The van der Waals surface area contributed by atoms with Gasteiger partial charge in [0, 0.05) is 35.1 Å². The molecule has 1 N–H and O–H groups in total. The highest BCUT2D eigenvalue weighted by molar-refractivity contribution is 7.98. The molecule has 0 saturated heterocycles. The molecule has 3 aromatic carbocycles. The van der Waals surface area contributed by atoms with Crippen LogP contribution in [0.4, 0.5) is 5.69 Å². The molecule has 9 heteroatoms. The van der Waals surface area contributed by atoms with E-state index in [2.05, 4.69) is 15.5 Å². The van der Waals surface area contributed by atoms with Crippen molar-refractivity contribution in [3.05, 3.63) is 106 Å². The van der Waals surface area contributed by atoms with Gasteiger partial charge in [0.05, 0.1) is 11.5 Å². The standard InChI is InChI=1S/C27H27N5O3S/c1-3-19(2)28-26(33)23-11-9-21(10-12-23)18-36-27-30-29-25(22-13-15-24(16-14-22)32(34)35)31(27)17-20-7-5-4-6-8-20/h4-16,19H,3,17-18H2,1-2H3,(H,28,33). The van der Waals surface area contributed by atoms with Crippen LogP contribution in [0.3, 0.4) is 0 Å². The maximum Gasteiger partial charge on any atom is 0.269 e. The van der Waals surface area contributed by atoms with Crippen LogP contribution in [-0.4, -0.2) is 31.6 Å². The zero-order chi connectivity index (χ0) is 25.5. The van der Waals surface area contributed by atoms with Gasteiger partial charge in [-0.05, 0) is 48.7 Å². The molecule has 0 aliphatic carbocycles. The van der Waals surface area contributed by atoms with Gasteiger partial charge in [0.2, 0.25) is 0 Å². The molecular formula is C27H27N5O3S. The Morgan fingerprint density at radius 1 is 1.00 bits per heavy atom. The first-order chi connectivity index (χ1) is 17.4. The van der Waals surface area contributed by atoms with Crippen LogP contribution in [0.1, 0.15) is 41.8 Å². The molecule has 36 heavy (non-hydrogen) atoms. The lowest BCUT2D eigenvalue weighted by atomic mass is 10.1. The van der Waals surface area contributed by atoms with Gasteiger partial charge in [0.25, 0.3) is 11.6 Å². The van der Waals surface area contributed by atoms with Gasteiger partial charge in [-0.2, -0.15) is 0 Å². The molecule has 0 radical (unpaired) electrons. The lowest BCUT2D eigenvalue weighted by molar-refractivity contribution is -0.384. The zero-order valence-corrected chi connectivity index (χ0v) is 20.9. The van der Waals surface area contributed by atoms with E-state index >= 15 is 0 Å². The minimum atomic E-state index is -0.418. The Bertz CT molecular complexity index is 1320. The van der Waals surface area contributed by atoms with Gasteiger partial charge in [0.15, 0.2) is 11.0 Å². The predicted octanol–water partition coefficient (Wildman–Crippen LogP) is 5.72. The Morgan fingerprint density at radius 2 is 1.69 bits per heavy atom. The minimum absolute atomic E-state index is 0.0313. The van der Waals surface area contributed by atoms with Crippen LogP contribution in [0.2, 0.25) is 0 Å². The zero-order valence-electron chi connectivity index (χ0n) is 20.1. The van der Waals surface area contributed by atoms with E-state index in [-0.39, 0.29) is 17.6 Å². The minimum Gasteiger partial charge on any atom is -0.350 e. The number of benzene rings is 3. The molecule has 1 heterocycles. The molecule has 0 saturated carbocycles. The summed E-state index contributed by atoms with van der Waals surface area (Å²) < 4.78 is 2.02. The lowest BCUT2D eigenvalue weighted by Crippen LogP contribution is -2.31. The summed E-state index contributed by atoms with van der Waals surface area (Å²) in [4.78, 5) is 23.0. The number of nitrogens with zero attached hydrogens (tertiary/aromatic N) is 4. The molecule has 1 unspecified atom stereocenters. The van der Waals surface area contributed by atoms with Gasteiger partial charge >= 0.3 is 0 Å². The van der Waals surface area contributed by atoms with Crippen molar-refractivity contribution in [1.29, 1.82) is 0 Å². The molecule has 1 aromatic heterocycles. The number of rotatable bonds is 10. The van der Waals surface area contributed by atoms with Gasteiger partial charge in [-0.15, -0.1) is 10.2 Å². The van der Waals surface area contributed by atoms with Crippen LogP contribution in [-0.2, 0) is 12.3 Å². The Labute approximate surface area is 213 Å². The fourth-order valence-corrected chi connectivity index (χ4v) is 4.45. The number of carbonyl (C=O) groups is 1. The van der Waals surface area contributed by atoms with Crippen LogP contribution >= 0.6 is 11.8 Å². The Morgan fingerprint density at radius 3 is 2.33 bits per heavy atom. The number of thioether (sulfide) groups is 1. The van der Waals surface area contributed by atoms with Gasteiger partial charge in [0.1, 0.15) is 0 Å². The Kier molecular flexibility index (Phi) is 8.12. The van der Waals surface area contributed by atoms with E-state index in [9.17, 15) is 14.9 Å². The third-order valence-electron chi connectivity index (χ3n) is 5.81. The topological polar surface area (TPSA) is 103 Å². The van der Waals surface area contributed by atoms with Crippen LogP contribution in [0.5, 0.6) is 0 Å². The first kappa shape index (κ1) is 25.1. The third-order valence-corrected chi connectivity index (χ3v) is 6.85. The van der Waals surface area contributed by atoms with Crippen LogP contribution in [0.15, 0.2) is 84.0 Å². The first-order valence-corrected chi connectivity index (χ1v) is 12.7. The number of hydrogen-bond donors (Lipinski definition) is 1. The summed E-state index contributed by atoms with van der Waals surface area (Å²) >= 11 is 1.55. The van der Waals surface area contributed by atoms with Gasteiger partial charge < -0.3 is 5.32 Å². The normalized spacial score (nSPS) is 11.7.